The fourth-order valence-corrected chi connectivity index (χ4v) is 4.04. The summed E-state index contributed by atoms with van der Waals surface area (Å²) in [7, 11) is 0. The zero-order chi connectivity index (χ0) is 24.3. The average Bonchev–Trinajstić information content (AvgIpc) is 2.99. The lowest BCUT2D eigenvalue weighted by molar-refractivity contribution is -0.144. The largest absolute Gasteiger partial charge is 0.478 e. The fourth-order valence-electron chi connectivity index (χ4n) is 4.04. The Hall–Kier alpha value is -3.29. The highest BCUT2D eigenvalue weighted by atomic mass is 19.4. The first-order chi connectivity index (χ1) is 15.5. The first-order valence-electron chi connectivity index (χ1n) is 10.9. The molecule has 0 saturated carbocycles. The van der Waals surface area contributed by atoms with Crippen LogP contribution in [0.5, 0.6) is 0 Å². The van der Waals surface area contributed by atoms with Crippen molar-refractivity contribution < 1.29 is 23.1 Å². The van der Waals surface area contributed by atoms with Crippen LogP contribution in [-0.2, 0) is 25.7 Å². The van der Waals surface area contributed by atoms with Crippen molar-refractivity contribution in [1.29, 1.82) is 0 Å². The summed E-state index contributed by atoms with van der Waals surface area (Å²) >= 11 is 0. The Labute approximate surface area is 190 Å². The van der Waals surface area contributed by atoms with Gasteiger partial charge in [-0.2, -0.15) is 13.2 Å². The summed E-state index contributed by atoms with van der Waals surface area (Å²) in [6.07, 6.45) is -4.02. The number of hydrogen-bond acceptors (Lipinski definition) is 2. The lowest BCUT2D eigenvalue weighted by Crippen LogP contribution is -2.28. The van der Waals surface area contributed by atoms with Gasteiger partial charge in [-0.25, -0.2) is 9.59 Å². The van der Waals surface area contributed by atoms with Gasteiger partial charge in [0.15, 0.2) is 0 Å². The maximum atomic E-state index is 13.9. The number of rotatable bonds is 8. The normalized spacial score (nSPS) is 11.8. The molecule has 0 saturated heterocycles. The molecule has 1 N–H and O–H groups in total. The van der Waals surface area contributed by atoms with Crippen molar-refractivity contribution in [2.24, 2.45) is 5.92 Å². The molecule has 0 aliphatic rings. The molecule has 8 heteroatoms. The fraction of sp³-hybridized carbons (Fsp3) is 0.360. The van der Waals surface area contributed by atoms with E-state index in [1.54, 1.807) is 63.2 Å². The molecule has 0 amide bonds. The Kier molecular flexibility index (Phi) is 7.15. The highest BCUT2D eigenvalue weighted by Gasteiger charge is 2.40. The van der Waals surface area contributed by atoms with E-state index in [1.807, 2.05) is 0 Å². The number of aromatic nitrogens is 2. The molecule has 33 heavy (non-hydrogen) atoms. The Balaban J connectivity index is 2.04. The molecule has 1 heterocycles. The van der Waals surface area contributed by atoms with Gasteiger partial charge in [0, 0.05) is 6.54 Å². The summed E-state index contributed by atoms with van der Waals surface area (Å²) < 4.78 is 43.9. The van der Waals surface area contributed by atoms with Crippen molar-refractivity contribution in [3.63, 3.8) is 0 Å². The second kappa shape index (κ2) is 9.68. The van der Waals surface area contributed by atoms with Gasteiger partial charge >= 0.3 is 17.8 Å². The molecule has 0 fully saturated rings. The Morgan fingerprint density at radius 1 is 1.03 bits per heavy atom. The number of nitrogens with zero attached hydrogens (tertiary/aromatic N) is 2. The van der Waals surface area contributed by atoms with Gasteiger partial charge in [0.1, 0.15) is 5.69 Å². The van der Waals surface area contributed by atoms with Crippen molar-refractivity contribution >= 4 is 5.97 Å². The van der Waals surface area contributed by atoms with Gasteiger partial charge in [0.25, 0.3) is 0 Å². The van der Waals surface area contributed by atoms with Gasteiger partial charge in [-0.15, -0.1) is 0 Å². The predicted molar refractivity (Wildman–Crippen MR) is 120 cm³/mol. The minimum atomic E-state index is -4.63. The van der Waals surface area contributed by atoms with Crippen LogP contribution in [0, 0.1) is 5.92 Å². The summed E-state index contributed by atoms with van der Waals surface area (Å²) in [4.78, 5) is 24.5. The van der Waals surface area contributed by atoms with Gasteiger partial charge < -0.3 is 5.11 Å². The summed E-state index contributed by atoms with van der Waals surface area (Å²) in [5.41, 5.74) is 0.494. The molecule has 0 radical (unpaired) electrons. The summed E-state index contributed by atoms with van der Waals surface area (Å²) in [5.74, 6) is -1.17. The molecule has 0 aliphatic heterocycles. The molecule has 0 atom stereocenters. The lowest BCUT2D eigenvalue weighted by Gasteiger charge is -2.14. The van der Waals surface area contributed by atoms with Crippen molar-refractivity contribution in [3.8, 4) is 11.1 Å². The Morgan fingerprint density at radius 3 is 2.21 bits per heavy atom. The quantitative estimate of drug-likeness (QED) is 0.470. The molecular formula is C25H27F3N2O3. The van der Waals surface area contributed by atoms with Gasteiger partial charge in [-0.3, -0.25) is 9.13 Å². The molecule has 2 aromatic carbocycles. The van der Waals surface area contributed by atoms with Gasteiger partial charge in [0.2, 0.25) is 0 Å². The van der Waals surface area contributed by atoms with E-state index in [0.717, 1.165) is 4.57 Å². The second-order valence-electron chi connectivity index (χ2n) is 8.46. The third-order valence-corrected chi connectivity index (χ3v) is 5.40. The van der Waals surface area contributed by atoms with Crippen LogP contribution in [0.3, 0.4) is 0 Å². The number of hydrogen-bond donors (Lipinski definition) is 1. The Morgan fingerprint density at radius 2 is 1.67 bits per heavy atom. The molecule has 0 bridgehead atoms. The molecule has 3 aromatic rings. The highest BCUT2D eigenvalue weighted by molar-refractivity contribution is 5.95. The van der Waals surface area contributed by atoms with E-state index in [-0.39, 0.29) is 36.7 Å². The minimum Gasteiger partial charge on any atom is -0.478 e. The minimum absolute atomic E-state index is 0.00317. The molecule has 176 valence electrons. The Bertz CT molecular complexity index is 1190. The summed E-state index contributed by atoms with van der Waals surface area (Å²) in [6, 6.07) is 13.5. The molecule has 0 spiro atoms. The van der Waals surface area contributed by atoms with Crippen LogP contribution in [0.25, 0.3) is 11.1 Å². The number of carboxylic acids is 1. The molecular weight excluding hydrogens is 433 g/mol. The number of aromatic carboxylic acids is 1. The van der Waals surface area contributed by atoms with E-state index in [9.17, 15) is 27.9 Å². The lowest BCUT2D eigenvalue weighted by atomic mass is 9.99. The monoisotopic (exact) mass is 460 g/mol. The van der Waals surface area contributed by atoms with Gasteiger partial charge in [-0.05, 0) is 35.1 Å². The van der Waals surface area contributed by atoms with Crippen molar-refractivity contribution in [1.82, 2.24) is 9.13 Å². The van der Waals surface area contributed by atoms with Gasteiger partial charge in [0.05, 0.1) is 17.8 Å². The number of halogens is 3. The average molecular weight is 460 g/mol. The number of carboxylic acid groups (broad SMARTS) is 1. The highest BCUT2D eigenvalue weighted by Crippen LogP contribution is 2.33. The van der Waals surface area contributed by atoms with E-state index >= 15 is 0 Å². The zero-order valence-electron chi connectivity index (χ0n) is 18.8. The first-order valence-corrected chi connectivity index (χ1v) is 10.9. The summed E-state index contributed by atoms with van der Waals surface area (Å²) in [5, 5.41) is 9.41. The topological polar surface area (TPSA) is 64.2 Å². The van der Waals surface area contributed by atoms with Crippen molar-refractivity contribution in [2.75, 3.05) is 0 Å². The predicted octanol–water partition coefficient (Wildman–Crippen LogP) is 5.69. The standard InChI is InChI=1S/C25H27F3N2O3/c1-4-7-21-22(25(26,27)28)30(14-16(2)3)24(33)29(21)15-17-10-12-18(13-11-17)19-8-5-6-9-20(19)23(31)32/h5-6,8-13,16H,4,7,14-15H2,1-3H3,(H,31,32). The number of carbonyl (C=O) groups is 1. The summed E-state index contributed by atoms with van der Waals surface area (Å²) in [6.45, 7) is 5.32. The van der Waals surface area contributed by atoms with Crippen LogP contribution in [0.15, 0.2) is 53.3 Å². The third kappa shape index (κ3) is 5.21. The molecule has 1 aromatic heterocycles. The molecule has 0 aliphatic carbocycles. The van der Waals surface area contributed by atoms with E-state index < -0.39 is 23.5 Å². The van der Waals surface area contributed by atoms with Crippen molar-refractivity contribution in [2.45, 2.75) is 52.9 Å². The van der Waals surface area contributed by atoms with E-state index in [1.165, 1.54) is 10.6 Å². The van der Waals surface area contributed by atoms with Crippen LogP contribution >= 0.6 is 0 Å². The number of benzene rings is 2. The number of alkyl halides is 3. The maximum absolute atomic E-state index is 13.9. The van der Waals surface area contributed by atoms with Gasteiger partial charge in [-0.1, -0.05) is 69.7 Å². The van der Waals surface area contributed by atoms with Crippen LogP contribution in [0.1, 0.15) is 54.5 Å². The van der Waals surface area contributed by atoms with E-state index in [4.69, 9.17) is 0 Å². The molecule has 0 unspecified atom stereocenters. The first kappa shape index (κ1) is 24.4. The van der Waals surface area contributed by atoms with Crippen molar-refractivity contribution in [3.05, 3.63) is 81.5 Å². The van der Waals surface area contributed by atoms with Crippen LogP contribution in [0.2, 0.25) is 0 Å². The van der Waals surface area contributed by atoms with E-state index in [2.05, 4.69) is 0 Å². The van der Waals surface area contributed by atoms with Crippen LogP contribution in [-0.4, -0.2) is 20.2 Å². The maximum Gasteiger partial charge on any atom is 0.433 e. The SMILES string of the molecule is CCCc1c(C(F)(F)F)n(CC(C)C)c(=O)n1Cc1ccc(-c2ccccc2C(=O)O)cc1. The second-order valence-corrected chi connectivity index (χ2v) is 8.46. The molecule has 5 nitrogen and oxygen atoms in total. The van der Waals surface area contributed by atoms with E-state index in [0.29, 0.717) is 23.1 Å². The zero-order valence-corrected chi connectivity index (χ0v) is 18.8. The number of imidazole rings is 1. The third-order valence-electron chi connectivity index (χ3n) is 5.40. The molecule has 3 rings (SSSR count). The van der Waals surface area contributed by atoms with Crippen LogP contribution < -0.4 is 5.69 Å². The smallest absolute Gasteiger partial charge is 0.433 e. The van der Waals surface area contributed by atoms with Crippen LogP contribution in [0.4, 0.5) is 13.2 Å².